The highest BCUT2D eigenvalue weighted by atomic mass is 16.3. The highest BCUT2D eigenvalue weighted by Crippen LogP contribution is 2.40. The molecule has 0 spiro atoms. The second-order valence-electron chi connectivity index (χ2n) is 8.30. The summed E-state index contributed by atoms with van der Waals surface area (Å²) < 4.78 is 5.46. The van der Waals surface area contributed by atoms with Gasteiger partial charge in [0.05, 0.1) is 17.8 Å². The molecular formula is C29H39N3O3. The van der Waals surface area contributed by atoms with Crippen molar-refractivity contribution in [1.82, 2.24) is 10.3 Å². The first-order chi connectivity index (χ1) is 16.9. The number of nitrogens with one attached hydrogen (secondary N) is 1. The van der Waals surface area contributed by atoms with Crippen LogP contribution in [-0.4, -0.2) is 23.2 Å². The Morgan fingerprint density at radius 3 is 2.43 bits per heavy atom. The van der Waals surface area contributed by atoms with Gasteiger partial charge in [0.1, 0.15) is 5.78 Å². The van der Waals surface area contributed by atoms with Crippen molar-refractivity contribution in [2.75, 3.05) is 6.54 Å². The number of benzene rings is 1. The van der Waals surface area contributed by atoms with Crippen LogP contribution in [-0.2, 0) is 11.2 Å². The van der Waals surface area contributed by atoms with E-state index in [-0.39, 0.29) is 11.7 Å². The zero-order valence-corrected chi connectivity index (χ0v) is 21.9. The highest BCUT2D eigenvalue weighted by Gasteiger charge is 2.35. The molecule has 1 saturated carbocycles. The monoisotopic (exact) mass is 477 g/mol. The Hall–Kier alpha value is -3.46. The molecule has 3 aromatic rings. The Labute approximate surface area is 209 Å². The van der Waals surface area contributed by atoms with Crippen LogP contribution >= 0.6 is 0 Å². The molecule has 4 rings (SSSR count). The topological polar surface area (TPSA) is 96.0 Å². The zero-order valence-electron chi connectivity index (χ0n) is 21.9. The molecule has 6 nitrogen and oxygen atoms in total. The zero-order chi connectivity index (χ0) is 26.2. The number of amides is 1. The molecule has 2 heterocycles. The predicted octanol–water partition coefficient (Wildman–Crippen LogP) is 6.74. The van der Waals surface area contributed by atoms with Crippen molar-refractivity contribution in [2.45, 2.75) is 67.2 Å². The number of carbonyl (C=O) groups excluding carboxylic acids is 2. The van der Waals surface area contributed by atoms with Crippen molar-refractivity contribution in [3.05, 3.63) is 65.7 Å². The molecule has 1 amide bonds. The number of fused-ring (bicyclic) bond motifs is 1. The van der Waals surface area contributed by atoms with Crippen LogP contribution in [0.4, 0.5) is 0 Å². The third kappa shape index (κ3) is 10.6. The number of rotatable bonds is 6. The molecule has 1 aliphatic rings. The molecule has 1 aliphatic carbocycles. The molecule has 0 saturated heterocycles. The maximum Gasteiger partial charge on any atom is 0.287 e. The van der Waals surface area contributed by atoms with E-state index in [1.54, 1.807) is 43.6 Å². The van der Waals surface area contributed by atoms with Gasteiger partial charge in [0, 0.05) is 24.5 Å². The van der Waals surface area contributed by atoms with E-state index in [0.29, 0.717) is 29.2 Å². The molecule has 0 aliphatic heterocycles. The lowest BCUT2D eigenvalue weighted by atomic mass is 10.1. The first-order valence-electron chi connectivity index (χ1n) is 12.5. The van der Waals surface area contributed by atoms with E-state index in [1.165, 1.54) is 19.3 Å². The second-order valence-corrected chi connectivity index (χ2v) is 8.30. The van der Waals surface area contributed by atoms with E-state index in [9.17, 15) is 9.59 Å². The SMILES string of the molecule is CC.CC(=O)Cc1cccc(C#N)c1.CCC.CCC1CC1CNC(=O)c1cc2ccncc2o1. The summed E-state index contributed by atoms with van der Waals surface area (Å²) in [4.78, 5) is 26.6. The summed E-state index contributed by atoms with van der Waals surface area (Å²) in [6.45, 7) is 12.7. The average molecular weight is 478 g/mol. The first kappa shape index (κ1) is 29.6. The van der Waals surface area contributed by atoms with Gasteiger partial charge in [-0.05, 0) is 55.0 Å². The van der Waals surface area contributed by atoms with Crippen molar-refractivity contribution in [3.63, 3.8) is 0 Å². The van der Waals surface area contributed by atoms with Crippen LogP contribution < -0.4 is 5.32 Å². The summed E-state index contributed by atoms with van der Waals surface area (Å²) in [7, 11) is 0. The van der Waals surface area contributed by atoms with Crippen LogP contribution in [0.15, 0.2) is 53.2 Å². The predicted molar refractivity (Wildman–Crippen MR) is 141 cm³/mol. The number of hydrogen-bond acceptors (Lipinski definition) is 5. The van der Waals surface area contributed by atoms with Gasteiger partial charge in [0.25, 0.3) is 5.91 Å². The van der Waals surface area contributed by atoms with Gasteiger partial charge in [-0.1, -0.05) is 59.6 Å². The smallest absolute Gasteiger partial charge is 0.287 e. The fourth-order valence-corrected chi connectivity index (χ4v) is 3.41. The molecule has 2 aromatic heterocycles. The lowest BCUT2D eigenvalue weighted by Gasteiger charge is -2.01. The normalized spacial score (nSPS) is 15.1. The first-order valence-corrected chi connectivity index (χ1v) is 12.5. The molecule has 2 unspecified atom stereocenters. The number of Topliss-reactive ketones (excluding diaryl/α,β-unsaturated/α-hetero) is 1. The van der Waals surface area contributed by atoms with Crippen LogP contribution in [0.5, 0.6) is 0 Å². The van der Waals surface area contributed by atoms with Gasteiger partial charge >= 0.3 is 0 Å². The number of ketones is 1. The summed E-state index contributed by atoms with van der Waals surface area (Å²) in [5.74, 6) is 1.81. The number of pyridine rings is 1. The minimum Gasteiger partial charge on any atom is -0.449 e. The molecule has 1 N–H and O–H groups in total. The quantitative estimate of drug-likeness (QED) is 0.424. The Morgan fingerprint density at radius 2 is 1.86 bits per heavy atom. The number of aromatic nitrogens is 1. The van der Waals surface area contributed by atoms with Crippen LogP contribution in [0.1, 0.15) is 82.5 Å². The average Bonchev–Trinajstić information content (AvgIpc) is 3.50. The Kier molecular flexibility index (Phi) is 13.7. The largest absolute Gasteiger partial charge is 0.449 e. The van der Waals surface area contributed by atoms with Crippen molar-refractivity contribution >= 4 is 22.7 Å². The fourth-order valence-electron chi connectivity index (χ4n) is 3.41. The van der Waals surface area contributed by atoms with Crippen LogP contribution in [0.3, 0.4) is 0 Å². The van der Waals surface area contributed by atoms with E-state index in [1.807, 2.05) is 32.0 Å². The van der Waals surface area contributed by atoms with Gasteiger partial charge in [0.2, 0.25) is 0 Å². The minimum atomic E-state index is -0.132. The molecule has 6 heteroatoms. The summed E-state index contributed by atoms with van der Waals surface area (Å²) in [6, 6.07) is 12.7. The summed E-state index contributed by atoms with van der Waals surface area (Å²) in [5.41, 5.74) is 2.16. The fraction of sp³-hybridized carbons (Fsp3) is 0.448. The van der Waals surface area contributed by atoms with E-state index in [2.05, 4.69) is 31.1 Å². The van der Waals surface area contributed by atoms with E-state index >= 15 is 0 Å². The maximum absolute atomic E-state index is 11.9. The second kappa shape index (κ2) is 16.2. The molecule has 1 aromatic carbocycles. The molecular weight excluding hydrogens is 438 g/mol. The van der Waals surface area contributed by atoms with Gasteiger partial charge in [0.15, 0.2) is 11.3 Å². The van der Waals surface area contributed by atoms with E-state index in [0.717, 1.165) is 23.4 Å². The standard InChI is InChI=1S/C14H16N2O2.C10H9NO.C3H8.C2H6/c1-2-9-5-11(9)7-16-14(17)12-6-10-3-4-15-8-13(10)18-12;1-8(12)5-9-3-2-4-10(6-9)7-11;1-3-2;1-2/h3-4,6,8-9,11H,2,5,7H2,1H3,(H,16,17);2-4,6H,5H2,1H3;3H2,1-2H3;1-2H3. The van der Waals surface area contributed by atoms with Crippen LogP contribution in [0, 0.1) is 23.2 Å². The molecule has 0 radical (unpaired) electrons. The van der Waals surface area contributed by atoms with Gasteiger partial charge < -0.3 is 9.73 Å². The third-order valence-electron chi connectivity index (χ3n) is 5.17. The van der Waals surface area contributed by atoms with Gasteiger partial charge in [-0.15, -0.1) is 0 Å². The minimum absolute atomic E-state index is 0.116. The molecule has 0 bridgehead atoms. The van der Waals surface area contributed by atoms with Gasteiger partial charge in [-0.3, -0.25) is 14.6 Å². The maximum atomic E-state index is 11.9. The summed E-state index contributed by atoms with van der Waals surface area (Å²) in [6.07, 6.45) is 7.42. The molecule has 1 fully saturated rings. The lowest BCUT2D eigenvalue weighted by Crippen LogP contribution is -2.25. The number of nitrogens with zero attached hydrogens (tertiary/aromatic N) is 2. The van der Waals surface area contributed by atoms with Crippen molar-refractivity contribution < 1.29 is 14.0 Å². The Balaban J connectivity index is 0.000000313. The van der Waals surface area contributed by atoms with Gasteiger partial charge in [-0.2, -0.15) is 5.26 Å². The highest BCUT2D eigenvalue weighted by molar-refractivity contribution is 5.95. The van der Waals surface area contributed by atoms with Crippen molar-refractivity contribution in [1.29, 1.82) is 5.26 Å². The Morgan fingerprint density at radius 1 is 1.14 bits per heavy atom. The number of nitriles is 1. The molecule has 188 valence electrons. The van der Waals surface area contributed by atoms with Gasteiger partial charge in [-0.25, -0.2) is 0 Å². The molecule has 2 atom stereocenters. The Bertz CT molecular complexity index is 1060. The lowest BCUT2D eigenvalue weighted by molar-refractivity contribution is -0.116. The van der Waals surface area contributed by atoms with Crippen molar-refractivity contribution in [3.8, 4) is 6.07 Å². The summed E-state index contributed by atoms with van der Waals surface area (Å²) >= 11 is 0. The van der Waals surface area contributed by atoms with Crippen LogP contribution in [0.25, 0.3) is 11.0 Å². The van der Waals surface area contributed by atoms with E-state index in [4.69, 9.17) is 9.68 Å². The van der Waals surface area contributed by atoms with E-state index < -0.39 is 0 Å². The van der Waals surface area contributed by atoms with Crippen molar-refractivity contribution in [2.24, 2.45) is 11.8 Å². The number of furan rings is 1. The number of carbonyl (C=O) groups is 2. The molecule has 35 heavy (non-hydrogen) atoms. The summed E-state index contributed by atoms with van der Waals surface area (Å²) in [5, 5.41) is 12.4. The number of hydrogen-bond donors (Lipinski definition) is 1. The van der Waals surface area contributed by atoms with Crippen LogP contribution in [0.2, 0.25) is 0 Å². The third-order valence-corrected chi connectivity index (χ3v) is 5.17.